The molecule has 0 unspecified atom stereocenters. The van der Waals surface area contributed by atoms with Crippen molar-refractivity contribution in [3.05, 3.63) is 23.8 Å². The lowest BCUT2D eigenvalue weighted by molar-refractivity contribution is -0.122. The lowest BCUT2D eigenvalue weighted by atomic mass is 10.1. The van der Waals surface area contributed by atoms with Crippen LogP contribution in [0.15, 0.2) is 18.2 Å². The Kier molecular flexibility index (Phi) is 4.82. The summed E-state index contributed by atoms with van der Waals surface area (Å²) in [6, 6.07) is 7.28. The van der Waals surface area contributed by atoms with Crippen LogP contribution in [-0.2, 0) is 11.2 Å². The molecular formula is C12H15N3O2. The van der Waals surface area contributed by atoms with Gasteiger partial charge in [-0.3, -0.25) is 4.79 Å². The summed E-state index contributed by atoms with van der Waals surface area (Å²) >= 11 is 0. The highest BCUT2D eigenvalue weighted by molar-refractivity contribution is 5.77. The molecule has 5 heteroatoms. The molecule has 1 amide bonds. The van der Waals surface area contributed by atoms with Crippen molar-refractivity contribution in [1.29, 1.82) is 5.26 Å². The highest BCUT2D eigenvalue weighted by atomic mass is 16.5. The Hall–Kier alpha value is -2.22. The van der Waals surface area contributed by atoms with E-state index in [0.29, 0.717) is 11.4 Å². The molecule has 5 nitrogen and oxygen atoms in total. The van der Waals surface area contributed by atoms with E-state index in [1.54, 1.807) is 6.07 Å². The molecule has 1 aromatic carbocycles. The maximum absolute atomic E-state index is 11.2. The third-order valence-electron chi connectivity index (χ3n) is 2.21. The Morgan fingerprint density at radius 1 is 1.59 bits per heavy atom. The van der Waals surface area contributed by atoms with Crippen LogP contribution in [0.5, 0.6) is 5.75 Å². The number of nitrogens with two attached hydrogens (primary N) is 1. The van der Waals surface area contributed by atoms with Crippen molar-refractivity contribution in [2.24, 2.45) is 0 Å². The van der Waals surface area contributed by atoms with Crippen LogP contribution in [0.2, 0.25) is 0 Å². The third kappa shape index (κ3) is 4.03. The molecule has 0 aliphatic heterocycles. The van der Waals surface area contributed by atoms with Crippen molar-refractivity contribution in [2.45, 2.75) is 13.3 Å². The summed E-state index contributed by atoms with van der Waals surface area (Å²) in [5.74, 6) is 0.139. The van der Waals surface area contributed by atoms with E-state index >= 15 is 0 Å². The Bertz CT molecular complexity index is 438. The zero-order valence-electron chi connectivity index (χ0n) is 9.69. The van der Waals surface area contributed by atoms with Gasteiger partial charge in [0.1, 0.15) is 12.3 Å². The summed E-state index contributed by atoms with van der Waals surface area (Å²) in [5.41, 5.74) is 7.40. The lowest BCUT2D eigenvalue weighted by Gasteiger charge is -2.09. The quantitative estimate of drug-likeness (QED) is 0.583. The van der Waals surface area contributed by atoms with Gasteiger partial charge >= 0.3 is 0 Å². The molecule has 0 spiro atoms. The number of nitrogen functional groups attached to an aromatic ring is 1. The van der Waals surface area contributed by atoms with Crippen LogP contribution >= 0.6 is 0 Å². The van der Waals surface area contributed by atoms with E-state index in [4.69, 9.17) is 15.7 Å². The fourth-order valence-electron chi connectivity index (χ4n) is 1.28. The minimum absolute atomic E-state index is 0.0214. The molecule has 0 bridgehead atoms. The fourth-order valence-corrected chi connectivity index (χ4v) is 1.28. The molecule has 0 aromatic heterocycles. The topological polar surface area (TPSA) is 88.1 Å². The van der Waals surface area contributed by atoms with Crippen molar-refractivity contribution >= 4 is 11.6 Å². The molecule has 0 aliphatic rings. The average molecular weight is 233 g/mol. The van der Waals surface area contributed by atoms with E-state index in [1.807, 2.05) is 25.1 Å². The summed E-state index contributed by atoms with van der Waals surface area (Å²) in [4.78, 5) is 11.2. The smallest absolute Gasteiger partial charge is 0.258 e. The van der Waals surface area contributed by atoms with E-state index < -0.39 is 0 Å². The van der Waals surface area contributed by atoms with Gasteiger partial charge in [-0.25, -0.2) is 0 Å². The number of nitrogens with one attached hydrogen (secondary N) is 1. The molecule has 1 rings (SSSR count). The average Bonchev–Trinajstić information content (AvgIpc) is 2.34. The minimum atomic E-state index is -0.342. The molecule has 0 saturated heterocycles. The number of nitrogens with zero attached hydrogens (tertiary/aromatic N) is 1. The fraction of sp³-hybridized carbons (Fsp3) is 0.333. The van der Waals surface area contributed by atoms with Crippen molar-refractivity contribution < 1.29 is 9.53 Å². The molecule has 0 atom stereocenters. The van der Waals surface area contributed by atoms with E-state index in [1.165, 1.54) is 0 Å². The Morgan fingerprint density at radius 2 is 2.35 bits per heavy atom. The number of hydrogen-bond donors (Lipinski definition) is 2. The molecule has 0 aliphatic carbocycles. The van der Waals surface area contributed by atoms with Crippen LogP contribution < -0.4 is 15.8 Å². The zero-order valence-corrected chi connectivity index (χ0v) is 9.69. The number of amides is 1. The number of rotatable bonds is 5. The number of anilines is 1. The first kappa shape index (κ1) is 12.8. The second-order valence-electron chi connectivity index (χ2n) is 3.45. The van der Waals surface area contributed by atoms with Gasteiger partial charge in [0.05, 0.1) is 11.8 Å². The number of carbonyl (C=O) groups excluding carboxylic acids is 1. The molecule has 0 radical (unpaired) electrons. The first-order valence-electron chi connectivity index (χ1n) is 5.32. The molecule has 0 fully saturated rings. The predicted octanol–water partition coefficient (Wildman–Crippen LogP) is 0.850. The second kappa shape index (κ2) is 6.38. The number of nitriles is 1. The van der Waals surface area contributed by atoms with Crippen molar-refractivity contribution in [2.75, 3.05) is 18.9 Å². The highest BCUT2D eigenvalue weighted by Crippen LogP contribution is 2.22. The monoisotopic (exact) mass is 233 g/mol. The van der Waals surface area contributed by atoms with Gasteiger partial charge in [-0.05, 0) is 24.1 Å². The number of hydrogen-bond acceptors (Lipinski definition) is 4. The van der Waals surface area contributed by atoms with Crippen molar-refractivity contribution in [1.82, 2.24) is 5.32 Å². The van der Waals surface area contributed by atoms with Crippen LogP contribution in [0, 0.1) is 11.3 Å². The van der Waals surface area contributed by atoms with E-state index in [0.717, 1.165) is 12.0 Å². The van der Waals surface area contributed by atoms with Gasteiger partial charge in [-0.2, -0.15) is 5.26 Å². The van der Waals surface area contributed by atoms with Crippen LogP contribution in [0.1, 0.15) is 12.5 Å². The summed E-state index contributed by atoms with van der Waals surface area (Å²) in [5, 5.41) is 10.7. The maximum Gasteiger partial charge on any atom is 0.258 e. The summed E-state index contributed by atoms with van der Waals surface area (Å²) in [7, 11) is 0. The molecule has 0 saturated carbocycles. The Morgan fingerprint density at radius 3 is 2.94 bits per heavy atom. The Balaban J connectivity index is 2.52. The minimum Gasteiger partial charge on any atom is -0.482 e. The molecular weight excluding hydrogens is 218 g/mol. The van der Waals surface area contributed by atoms with Crippen molar-refractivity contribution in [3.63, 3.8) is 0 Å². The lowest BCUT2D eigenvalue weighted by Crippen LogP contribution is -2.29. The van der Waals surface area contributed by atoms with E-state index in [9.17, 15) is 4.79 Å². The van der Waals surface area contributed by atoms with Crippen LogP contribution in [0.25, 0.3) is 0 Å². The number of carbonyl (C=O) groups is 1. The van der Waals surface area contributed by atoms with Gasteiger partial charge in [-0.15, -0.1) is 0 Å². The summed E-state index contributed by atoms with van der Waals surface area (Å²) in [6.07, 6.45) is 0.896. The zero-order chi connectivity index (χ0) is 12.7. The second-order valence-corrected chi connectivity index (χ2v) is 3.45. The standard InChI is InChI=1S/C12H15N3O2/c1-2-9-3-4-11(10(14)7-9)17-8-12(16)15-6-5-13/h3-4,7H,2,6,8,14H2,1H3,(H,15,16). The molecule has 17 heavy (non-hydrogen) atoms. The first-order chi connectivity index (χ1) is 8.17. The summed E-state index contributed by atoms with van der Waals surface area (Å²) < 4.78 is 5.25. The van der Waals surface area contributed by atoms with Gasteiger partial charge in [0, 0.05) is 0 Å². The SMILES string of the molecule is CCc1ccc(OCC(=O)NCC#N)c(N)c1. The van der Waals surface area contributed by atoms with Crippen molar-refractivity contribution in [3.8, 4) is 11.8 Å². The van der Waals surface area contributed by atoms with Gasteiger partial charge in [-0.1, -0.05) is 13.0 Å². The molecule has 90 valence electrons. The van der Waals surface area contributed by atoms with Gasteiger partial charge in [0.2, 0.25) is 0 Å². The van der Waals surface area contributed by atoms with E-state index in [2.05, 4.69) is 5.32 Å². The maximum atomic E-state index is 11.2. The van der Waals surface area contributed by atoms with Crippen LogP contribution in [-0.4, -0.2) is 19.1 Å². The molecule has 1 aromatic rings. The van der Waals surface area contributed by atoms with Crippen LogP contribution in [0.3, 0.4) is 0 Å². The first-order valence-corrected chi connectivity index (χ1v) is 5.32. The Labute approximate surface area is 100 Å². The largest absolute Gasteiger partial charge is 0.482 e. The number of benzene rings is 1. The number of aryl methyl sites for hydroxylation is 1. The number of ether oxygens (including phenoxy) is 1. The highest BCUT2D eigenvalue weighted by Gasteiger charge is 2.05. The van der Waals surface area contributed by atoms with Crippen LogP contribution in [0.4, 0.5) is 5.69 Å². The van der Waals surface area contributed by atoms with Gasteiger partial charge < -0.3 is 15.8 Å². The molecule has 3 N–H and O–H groups in total. The third-order valence-corrected chi connectivity index (χ3v) is 2.21. The normalized spacial score (nSPS) is 9.41. The predicted molar refractivity (Wildman–Crippen MR) is 64.4 cm³/mol. The van der Waals surface area contributed by atoms with E-state index in [-0.39, 0.29) is 19.1 Å². The van der Waals surface area contributed by atoms with Gasteiger partial charge in [0.15, 0.2) is 6.61 Å². The van der Waals surface area contributed by atoms with Gasteiger partial charge in [0.25, 0.3) is 5.91 Å². The summed E-state index contributed by atoms with van der Waals surface area (Å²) in [6.45, 7) is 1.87. The molecule has 0 heterocycles.